The molecular weight excluding hydrogens is 294 g/mol. The third kappa shape index (κ3) is 4.91. The largest absolute Gasteiger partial charge is 0.497 e. The molecule has 0 radical (unpaired) electrons. The number of rotatable bonds is 7. The van der Waals surface area contributed by atoms with E-state index in [1.807, 2.05) is 31.2 Å². The number of methoxy groups -OCH3 is 2. The molecule has 2 aromatic rings. The smallest absolute Gasteiger partial charge is 0.191 e. The lowest BCUT2D eigenvalue weighted by atomic mass is 10.2. The highest BCUT2D eigenvalue weighted by atomic mass is 16.5. The van der Waals surface area contributed by atoms with Gasteiger partial charge in [-0.1, -0.05) is 0 Å². The van der Waals surface area contributed by atoms with Gasteiger partial charge in [0.15, 0.2) is 5.96 Å². The van der Waals surface area contributed by atoms with Gasteiger partial charge in [0, 0.05) is 24.4 Å². The van der Waals surface area contributed by atoms with Crippen LogP contribution in [0, 0.1) is 0 Å². The van der Waals surface area contributed by atoms with Gasteiger partial charge in [-0.3, -0.25) is 5.10 Å². The van der Waals surface area contributed by atoms with Gasteiger partial charge in [-0.05, 0) is 25.1 Å². The van der Waals surface area contributed by atoms with Crippen LogP contribution in [0.1, 0.15) is 18.2 Å². The maximum atomic E-state index is 5.40. The summed E-state index contributed by atoms with van der Waals surface area (Å²) in [5.41, 5.74) is 1.99. The molecule has 0 atom stereocenters. The normalized spacial score (nSPS) is 11.2. The second kappa shape index (κ2) is 8.67. The fourth-order valence-corrected chi connectivity index (χ4v) is 2.05. The molecule has 23 heavy (non-hydrogen) atoms. The lowest BCUT2D eigenvalue weighted by Gasteiger charge is -2.12. The Kier molecular flexibility index (Phi) is 6.28. The topological polar surface area (TPSA) is 83.6 Å². The molecule has 0 unspecified atom stereocenters. The molecule has 7 heteroatoms. The minimum absolute atomic E-state index is 0.505. The Morgan fingerprint density at radius 1 is 1.22 bits per heavy atom. The molecule has 0 aliphatic carbocycles. The number of guanidine groups is 1. The summed E-state index contributed by atoms with van der Waals surface area (Å²) in [6.45, 7) is 3.95. The molecule has 3 N–H and O–H groups in total. The summed E-state index contributed by atoms with van der Waals surface area (Å²) in [5, 5.41) is 13.3. The van der Waals surface area contributed by atoms with Crippen LogP contribution in [-0.2, 0) is 13.1 Å². The number of nitrogens with zero attached hydrogens (tertiary/aromatic N) is 2. The molecule has 0 aliphatic rings. The zero-order valence-electron chi connectivity index (χ0n) is 13.7. The molecule has 0 saturated heterocycles. The minimum atomic E-state index is 0.505. The predicted octanol–water partition coefficient (Wildman–Crippen LogP) is 1.68. The first-order valence-electron chi connectivity index (χ1n) is 7.48. The molecule has 0 aliphatic heterocycles. The van der Waals surface area contributed by atoms with E-state index in [2.05, 4.69) is 25.8 Å². The molecule has 1 aromatic carbocycles. The van der Waals surface area contributed by atoms with Crippen molar-refractivity contribution >= 4 is 5.96 Å². The molecule has 0 amide bonds. The molecule has 1 aromatic heterocycles. The number of aromatic nitrogens is 2. The SMILES string of the molecule is CCNC(=NCc1ccc(OC)cc1OC)NCc1ccn[nH]1. The van der Waals surface area contributed by atoms with E-state index < -0.39 is 0 Å². The fourth-order valence-electron chi connectivity index (χ4n) is 2.05. The van der Waals surface area contributed by atoms with Crippen LogP contribution in [0.4, 0.5) is 0 Å². The maximum absolute atomic E-state index is 5.40. The lowest BCUT2D eigenvalue weighted by molar-refractivity contribution is 0.391. The number of benzene rings is 1. The van der Waals surface area contributed by atoms with Crippen molar-refractivity contribution in [3.05, 3.63) is 41.7 Å². The summed E-state index contributed by atoms with van der Waals surface area (Å²) in [4.78, 5) is 4.59. The van der Waals surface area contributed by atoms with E-state index in [0.717, 1.165) is 35.3 Å². The first kappa shape index (κ1) is 16.7. The summed E-state index contributed by atoms with van der Waals surface area (Å²) in [5.74, 6) is 2.26. The van der Waals surface area contributed by atoms with Gasteiger partial charge in [0.2, 0.25) is 0 Å². The van der Waals surface area contributed by atoms with Crippen LogP contribution in [0.25, 0.3) is 0 Å². The van der Waals surface area contributed by atoms with Crippen molar-refractivity contribution < 1.29 is 9.47 Å². The summed E-state index contributed by atoms with van der Waals surface area (Å²) in [6, 6.07) is 7.64. The third-order valence-electron chi connectivity index (χ3n) is 3.25. The van der Waals surface area contributed by atoms with Gasteiger partial charge >= 0.3 is 0 Å². The summed E-state index contributed by atoms with van der Waals surface area (Å²) >= 11 is 0. The average Bonchev–Trinajstić information content (AvgIpc) is 3.10. The lowest BCUT2D eigenvalue weighted by Crippen LogP contribution is -2.36. The number of ether oxygens (including phenoxy) is 2. The van der Waals surface area contributed by atoms with Crippen molar-refractivity contribution in [1.29, 1.82) is 0 Å². The number of hydrogen-bond donors (Lipinski definition) is 3. The van der Waals surface area contributed by atoms with Gasteiger partial charge in [-0.15, -0.1) is 0 Å². The van der Waals surface area contributed by atoms with Crippen LogP contribution >= 0.6 is 0 Å². The van der Waals surface area contributed by atoms with Crippen LogP contribution in [-0.4, -0.2) is 36.9 Å². The second-order valence-electron chi connectivity index (χ2n) is 4.81. The predicted molar refractivity (Wildman–Crippen MR) is 89.8 cm³/mol. The van der Waals surface area contributed by atoms with Crippen LogP contribution in [0.3, 0.4) is 0 Å². The summed E-state index contributed by atoms with van der Waals surface area (Å²) < 4.78 is 10.6. The molecule has 2 rings (SSSR count). The highest BCUT2D eigenvalue weighted by Gasteiger charge is 2.05. The Balaban J connectivity index is 2.04. The highest BCUT2D eigenvalue weighted by Crippen LogP contribution is 2.25. The van der Waals surface area contributed by atoms with Crippen molar-refractivity contribution in [2.75, 3.05) is 20.8 Å². The molecule has 1 heterocycles. The Labute approximate surface area is 136 Å². The minimum Gasteiger partial charge on any atom is -0.497 e. The molecule has 124 valence electrons. The van der Waals surface area contributed by atoms with Gasteiger partial charge in [0.1, 0.15) is 11.5 Å². The van der Waals surface area contributed by atoms with Gasteiger partial charge in [0.25, 0.3) is 0 Å². The Hall–Kier alpha value is -2.70. The zero-order valence-corrected chi connectivity index (χ0v) is 13.7. The van der Waals surface area contributed by atoms with Crippen molar-refractivity contribution in [2.24, 2.45) is 4.99 Å². The summed E-state index contributed by atoms with van der Waals surface area (Å²) in [7, 11) is 3.28. The Morgan fingerprint density at radius 3 is 2.74 bits per heavy atom. The number of nitrogens with one attached hydrogen (secondary N) is 3. The van der Waals surface area contributed by atoms with E-state index in [9.17, 15) is 0 Å². The van der Waals surface area contributed by atoms with Crippen molar-refractivity contribution in [3.8, 4) is 11.5 Å². The molecule has 7 nitrogen and oxygen atoms in total. The van der Waals surface area contributed by atoms with E-state index in [1.165, 1.54) is 0 Å². The first-order chi connectivity index (χ1) is 11.3. The van der Waals surface area contributed by atoms with Crippen LogP contribution in [0.5, 0.6) is 11.5 Å². The van der Waals surface area contributed by atoms with E-state index >= 15 is 0 Å². The van der Waals surface area contributed by atoms with E-state index in [1.54, 1.807) is 20.4 Å². The molecule has 0 fully saturated rings. The fraction of sp³-hybridized carbons (Fsp3) is 0.375. The average molecular weight is 317 g/mol. The van der Waals surface area contributed by atoms with E-state index in [-0.39, 0.29) is 0 Å². The molecule has 0 spiro atoms. The third-order valence-corrected chi connectivity index (χ3v) is 3.25. The van der Waals surface area contributed by atoms with Crippen LogP contribution < -0.4 is 20.1 Å². The Bertz CT molecular complexity index is 625. The van der Waals surface area contributed by atoms with Crippen molar-refractivity contribution in [2.45, 2.75) is 20.0 Å². The monoisotopic (exact) mass is 317 g/mol. The molecule has 0 saturated carbocycles. The van der Waals surface area contributed by atoms with Gasteiger partial charge in [-0.2, -0.15) is 5.10 Å². The zero-order chi connectivity index (χ0) is 16.5. The van der Waals surface area contributed by atoms with Gasteiger partial charge < -0.3 is 20.1 Å². The van der Waals surface area contributed by atoms with Gasteiger partial charge in [-0.25, -0.2) is 4.99 Å². The first-order valence-corrected chi connectivity index (χ1v) is 7.48. The van der Waals surface area contributed by atoms with Crippen LogP contribution in [0.15, 0.2) is 35.5 Å². The molecule has 0 bridgehead atoms. The van der Waals surface area contributed by atoms with Crippen molar-refractivity contribution in [3.63, 3.8) is 0 Å². The van der Waals surface area contributed by atoms with Crippen LogP contribution in [0.2, 0.25) is 0 Å². The second-order valence-corrected chi connectivity index (χ2v) is 4.81. The maximum Gasteiger partial charge on any atom is 0.191 e. The standard InChI is InChI=1S/C16H23N5O2/c1-4-17-16(19-11-13-7-8-20-21-13)18-10-12-5-6-14(22-2)9-15(12)23-3/h5-9H,4,10-11H2,1-3H3,(H,20,21)(H2,17,18,19). The van der Waals surface area contributed by atoms with Crippen molar-refractivity contribution in [1.82, 2.24) is 20.8 Å². The highest BCUT2D eigenvalue weighted by molar-refractivity contribution is 5.79. The number of hydrogen-bond acceptors (Lipinski definition) is 4. The van der Waals surface area contributed by atoms with E-state index in [0.29, 0.717) is 13.1 Å². The molecular formula is C16H23N5O2. The Morgan fingerprint density at radius 2 is 2.09 bits per heavy atom. The number of aromatic amines is 1. The summed E-state index contributed by atoms with van der Waals surface area (Å²) in [6.07, 6.45) is 1.73. The van der Waals surface area contributed by atoms with E-state index in [4.69, 9.17) is 9.47 Å². The quantitative estimate of drug-likeness (QED) is 0.534. The van der Waals surface area contributed by atoms with Gasteiger partial charge in [0.05, 0.1) is 33.0 Å². The number of aliphatic imine (C=N–C) groups is 1. The number of H-pyrrole nitrogens is 1.